The summed E-state index contributed by atoms with van der Waals surface area (Å²) in [5.74, 6) is -0.253. The van der Waals surface area contributed by atoms with Crippen LogP contribution in [0, 0.1) is 14.9 Å². The molecular formula is C21H14IN3O5. The van der Waals surface area contributed by atoms with E-state index in [9.17, 15) is 9.59 Å². The first-order chi connectivity index (χ1) is 14.6. The van der Waals surface area contributed by atoms with Gasteiger partial charge >= 0.3 is 5.97 Å². The van der Waals surface area contributed by atoms with Gasteiger partial charge in [-0.25, -0.2) is 10.2 Å². The van der Waals surface area contributed by atoms with E-state index in [1.54, 1.807) is 48.5 Å². The first-order valence-electron chi connectivity index (χ1n) is 8.56. The number of nitriles is 1. The van der Waals surface area contributed by atoms with Crippen LogP contribution in [0.1, 0.15) is 21.7 Å². The van der Waals surface area contributed by atoms with E-state index in [4.69, 9.17) is 19.2 Å². The van der Waals surface area contributed by atoms with Gasteiger partial charge in [-0.2, -0.15) is 10.4 Å². The molecule has 0 bridgehead atoms. The molecule has 1 amide bonds. The van der Waals surface area contributed by atoms with Crippen molar-refractivity contribution >= 4 is 40.7 Å². The Kier molecular flexibility index (Phi) is 7.18. The molecule has 1 N–H and O–H groups in total. The molecule has 0 saturated heterocycles. The highest BCUT2D eigenvalue weighted by Crippen LogP contribution is 2.23. The second-order valence-corrected chi connectivity index (χ2v) is 6.91. The van der Waals surface area contributed by atoms with Crippen LogP contribution in [0.3, 0.4) is 0 Å². The number of esters is 1. The highest BCUT2D eigenvalue weighted by atomic mass is 127. The Hall–Kier alpha value is -3.65. The van der Waals surface area contributed by atoms with Crippen LogP contribution >= 0.6 is 22.6 Å². The fourth-order valence-electron chi connectivity index (χ4n) is 2.26. The molecule has 2 aromatic carbocycles. The summed E-state index contributed by atoms with van der Waals surface area (Å²) < 4.78 is 16.3. The van der Waals surface area contributed by atoms with Crippen molar-refractivity contribution in [2.24, 2.45) is 5.10 Å². The van der Waals surface area contributed by atoms with E-state index >= 15 is 0 Å². The van der Waals surface area contributed by atoms with E-state index in [2.05, 4.69) is 10.5 Å². The summed E-state index contributed by atoms with van der Waals surface area (Å²) in [5.41, 5.74) is 3.38. The highest BCUT2D eigenvalue weighted by Gasteiger charge is 2.13. The molecule has 0 aliphatic carbocycles. The normalized spacial score (nSPS) is 10.4. The molecule has 3 rings (SSSR count). The predicted octanol–water partition coefficient (Wildman–Crippen LogP) is 3.50. The number of hydrazone groups is 1. The second-order valence-electron chi connectivity index (χ2n) is 5.75. The van der Waals surface area contributed by atoms with E-state index in [0.29, 0.717) is 26.2 Å². The van der Waals surface area contributed by atoms with E-state index in [-0.39, 0.29) is 12.4 Å². The minimum Gasteiger partial charge on any atom is -0.482 e. The summed E-state index contributed by atoms with van der Waals surface area (Å²) in [7, 11) is 0. The van der Waals surface area contributed by atoms with Crippen LogP contribution in [0.2, 0.25) is 0 Å². The van der Waals surface area contributed by atoms with Crippen LogP contribution in [0.5, 0.6) is 11.5 Å². The van der Waals surface area contributed by atoms with E-state index < -0.39 is 11.9 Å². The maximum atomic E-state index is 11.9. The van der Waals surface area contributed by atoms with Gasteiger partial charge in [0.2, 0.25) is 5.76 Å². The molecular weight excluding hydrogens is 501 g/mol. The molecule has 8 nitrogen and oxygen atoms in total. The van der Waals surface area contributed by atoms with Gasteiger partial charge in [0, 0.05) is 0 Å². The van der Waals surface area contributed by atoms with Crippen molar-refractivity contribution in [2.45, 2.75) is 0 Å². The Morgan fingerprint density at radius 2 is 2.00 bits per heavy atom. The van der Waals surface area contributed by atoms with Crippen LogP contribution in [0.4, 0.5) is 0 Å². The van der Waals surface area contributed by atoms with Gasteiger partial charge in [0.1, 0.15) is 17.6 Å². The Morgan fingerprint density at radius 1 is 1.17 bits per heavy atom. The van der Waals surface area contributed by atoms with Gasteiger partial charge in [-0.3, -0.25) is 4.79 Å². The van der Waals surface area contributed by atoms with Crippen LogP contribution in [0.25, 0.3) is 0 Å². The number of rotatable bonds is 7. The molecule has 1 heterocycles. The van der Waals surface area contributed by atoms with Gasteiger partial charge in [-0.1, -0.05) is 12.1 Å². The molecule has 3 aromatic rings. The average molecular weight is 515 g/mol. The summed E-state index contributed by atoms with van der Waals surface area (Å²) >= 11 is 2.03. The summed E-state index contributed by atoms with van der Waals surface area (Å²) in [6, 6.07) is 16.8. The number of carbonyl (C=O) groups is 2. The Labute approximate surface area is 185 Å². The van der Waals surface area contributed by atoms with Gasteiger partial charge in [0.25, 0.3) is 5.91 Å². The molecule has 0 unspecified atom stereocenters. The van der Waals surface area contributed by atoms with Gasteiger partial charge in [0.05, 0.1) is 21.6 Å². The van der Waals surface area contributed by atoms with Crippen LogP contribution in [0.15, 0.2) is 70.4 Å². The van der Waals surface area contributed by atoms with E-state index in [1.807, 2.05) is 28.7 Å². The van der Waals surface area contributed by atoms with Gasteiger partial charge < -0.3 is 13.9 Å². The number of furan rings is 1. The van der Waals surface area contributed by atoms with Gasteiger partial charge in [-0.05, 0) is 70.6 Å². The standard InChI is InChI=1S/C21H14IN3O5/c22-16-10-14(7-8-18(16)30-21(27)19-6-3-9-28-19)12-24-25-20(26)13-29-17-5-2-1-4-15(17)11-23/h1-10,12H,13H2,(H,25,26)/b24-12-. The Bertz CT molecular complexity index is 1120. The predicted molar refractivity (Wildman–Crippen MR) is 115 cm³/mol. The molecule has 0 spiro atoms. The number of amides is 1. The smallest absolute Gasteiger partial charge is 0.379 e. The van der Waals surface area contributed by atoms with E-state index in [0.717, 1.165) is 0 Å². The van der Waals surface area contributed by atoms with Crippen molar-refractivity contribution in [3.05, 3.63) is 81.3 Å². The number of halogens is 1. The molecule has 9 heteroatoms. The molecule has 0 radical (unpaired) electrons. The van der Waals surface area contributed by atoms with Gasteiger partial charge in [-0.15, -0.1) is 0 Å². The van der Waals surface area contributed by atoms with Crippen LogP contribution < -0.4 is 14.9 Å². The quantitative estimate of drug-likeness (QED) is 0.170. The first kappa shape index (κ1) is 21.1. The SMILES string of the molecule is N#Cc1ccccc1OCC(=O)N/N=C\c1ccc(OC(=O)c2ccco2)c(I)c1. The summed E-state index contributed by atoms with van der Waals surface area (Å²) in [6.45, 7) is -0.283. The topological polar surface area (TPSA) is 114 Å². The van der Waals surface area contributed by atoms with Crippen molar-refractivity contribution in [3.63, 3.8) is 0 Å². The molecule has 150 valence electrons. The van der Waals surface area contributed by atoms with Crippen molar-refractivity contribution in [3.8, 4) is 17.6 Å². The third-order valence-corrected chi connectivity index (χ3v) is 4.49. The number of hydrogen-bond donors (Lipinski definition) is 1. The fourth-order valence-corrected chi connectivity index (χ4v) is 2.91. The lowest BCUT2D eigenvalue weighted by molar-refractivity contribution is -0.123. The minimum absolute atomic E-state index is 0.110. The summed E-state index contributed by atoms with van der Waals surface area (Å²) in [5, 5.41) is 12.9. The molecule has 0 fully saturated rings. The Morgan fingerprint density at radius 3 is 2.73 bits per heavy atom. The maximum Gasteiger partial charge on any atom is 0.379 e. The van der Waals surface area contributed by atoms with Crippen molar-refractivity contribution in [2.75, 3.05) is 6.61 Å². The monoisotopic (exact) mass is 515 g/mol. The zero-order chi connectivity index (χ0) is 21.3. The number of ether oxygens (including phenoxy) is 2. The molecule has 0 aliphatic rings. The largest absolute Gasteiger partial charge is 0.482 e. The number of nitrogens with zero attached hydrogens (tertiary/aromatic N) is 2. The summed E-state index contributed by atoms with van der Waals surface area (Å²) in [4.78, 5) is 23.8. The zero-order valence-electron chi connectivity index (χ0n) is 15.4. The van der Waals surface area contributed by atoms with Crippen molar-refractivity contribution < 1.29 is 23.5 Å². The number of para-hydroxylation sites is 1. The molecule has 0 saturated carbocycles. The third kappa shape index (κ3) is 5.68. The lowest BCUT2D eigenvalue weighted by Gasteiger charge is -2.06. The lowest BCUT2D eigenvalue weighted by Crippen LogP contribution is -2.24. The van der Waals surface area contributed by atoms with Crippen LogP contribution in [-0.4, -0.2) is 24.7 Å². The average Bonchev–Trinajstić information content (AvgIpc) is 3.29. The third-order valence-electron chi connectivity index (χ3n) is 3.65. The number of hydrogen-bond acceptors (Lipinski definition) is 7. The second kappa shape index (κ2) is 10.2. The molecule has 0 atom stereocenters. The molecule has 30 heavy (non-hydrogen) atoms. The summed E-state index contributed by atoms with van der Waals surface area (Å²) in [6.07, 6.45) is 2.84. The number of carbonyl (C=O) groups excluding carboxylic acids is 2. The highest BCUT2D eigenvalue weighted by molar-refractivity contribution is 14.1. The maximum absolute atomic E-state index is 11.9. The molecule has 1 aromatic heterocycles. The fraction of sp³-hybridized carbons (Fsp3) is 0.0476. The Balaban J connectivity index is 1.52. The van der Waals surface area contributed by atoms with Crippen molar-refractivity contribution in [1.82, 2.24) is 5.43 Å². The number of nitrogens with one attached hydrogen (secondary N) is 1. The number of benzene rings is 2. The zero-order valence-corrected chi connectivity index (χ0v) is 17.5. The van der Waals surface area contributed by atoms with E-state index in [1.165, 1.54) is 18.5 Å². The van der Waals surface area contributed by atoms with Gasteiger partial charge in [0.15, 0.2) is 6.61 Å². The lowest BCUT2D eigenvalue weighted by atomic mass is 10.2. The minimum atomic E-state index is -0.593. The first-order valence-corrected chi connectivity index (χ1v) is 9.64. The van der Waals surface area contributed by atoms with Crippen molar-refractivity contribution in [1.29, 1.82) is 5.26 Å². The molecule has 0 aliphatic heterocycles. The van der Waals surface area contributed by atoms with Crippen LogP contribution in [-0.2, 0) is 4.79 Å².